The van der Waals surface area contributed by atoms with E-state index in [1.165, 1.54) is 0 Å². The van der Waals surface area contributed by atoms with E-state index in [4.69, 9.17) is 0 Å². The Labute approximate surface area is 150 Å². The van der Waals surface area contributed by atoms with Crippen molar-refractivity contribution >= 4 is 37.8 Å². The van der Waals surface area contributed by atoms with Gasteiger partial charge >= 0.3 is 0 Å². The maximum Gasteiger partial charge on any atom is 0.273 e. The van der Waals surface area contributed by atoms with Gasteiger partial charge < -0.3 is 9.88 Å². The average Bonchev–Trinajstić information content (AvgIpc) is 3.19. The van der Waals surface area contributed by atoms with Gasteiger partial charge in [0.2, 0.25) is 0 Å². The fourth-order valence-electron chi connectivity index (χ4n) is 2.25. The lowest BCUT2D eigenvalue weighted by molar-refractivity contribution is 0.0934. The van der Waals surface area contributed by atoms with Crippen molar-refractivity contribution in [3.8, 4) is 5.69 Å². The van der Waals surface area contributed by atoms with Crippen LogP contribution in [0.4, 0.5) is 0 Å². The van der Waals surface area contributed by atoms with E-state index < -0.39 is 0 Å². The fourth-order valence-corrected chi connectivity index (χ4v) is 2.88. The standard InChI is InChI=1S/C16H14Br2N4O/c1-10(19-16(23)14-13(17)15(18)21-20-14)11-4-6-12(7-5-11)22-8-2-3-9-22/h2-10H,1H3,(H,19,23)(H,20,21). The summed E-state index contributed by atoms with van der Waals surface area (Å²) < 4.78 is 3.29. The number of hydrogen-bond donors (Lipinski definition) is 2. The molecule has 0 aliphatic rings. The normalized spacial score (nSPS) is 12.1. The van der Waals surface area contributed by atoms with Crippen LogP contribution in [0.3, 0.4) is 0 Å². The lowest BCUT2D eigenvalue weighted by Crippen LogP contribution is -2.27. The molecule has 0 saturated carbocycles. The highest BCUT2D eigenvalue weighted by atomic mass is 79.9. The van der Waals surface area contributed by atoms with Gasteiger partial charge in [-0.1, -0.05) is 12.1 Å². The Balaban J connectivity index is 1.72. The smallest absolute Gasteiger partial charge is 0.273 e. The minimum absolute atomic E-state index is 0.122. The summed E-state index contributed by atoms with van der Waals surface area (Å²) in [6.45, 7) is 1.94. The number of H-pyrrole nitrogens is 1. The number of carbonyl (C=O) groups is 1. The number of amides is 1. The lowest BCUT2D eigenvalue weighted by Gasteiger charge is -2.14. The number of aromatic nitrogens is 3. The summed E-state index contributed by atoms with van der Waals surface area (Å²) in [5.74, 6) is -0.235. The molecule has 0 aliphatic heterocycles. The minimum Gasteiger partial charge on any atom is -0.344 e. The highest BCUT2D eigenvalue weighted by Crippen LogP contribution is 2.24. The summed E-state index contributed by atoms with van der Waals surface area (Å²) in [5.41, 5.74) is 2.43. The maximum atomic E-state index is 12.3. The number of nitrogens with one attached hydrogen (secondary N) is 2. The van der Waals surface area contributed by atoms with Gasteiger partial charge in [0.15, 0.2) is 5.69 Å². The number of halogens is 2. The molecule has 1 amide bonds. The molecule has 2 aromatic heterocycles. The minimum atomic E-state index is -0.235. The van der Waals surface area contributed by atoms with Crippen molar-refractivity contribution < 1.29 is 4.79 Å². The Morgan fingerprint density at radius 3 is 2.43 bits per heavy atom. The molecule has 0 saturated heterocycles. The van der Waals surface area contributed by atoms with Gasteiger partial charge in [0.1, 0.15) is 4.60 Å². The summed E-state index contributed by atoms with van der Waals surface area (Å²) in [6.07, 6.45) is 3.99. The number of hydrogen-bond acceptors (Lipinski definition) is 2. The van der Waals surface area contributed by atoms with Crippen LogP contribution in [-0.2, 0) is 0 Å². The number of nitrogens with zero attached hydrogens (tertiary/aromatic N) is 2. The predicted octanol–water partition coefficient (Wildman–Crippen LogP) is 4.22. The van der Waals surface area contributed by atoms with Crippen LogP contribution in [0.1, 0.15) is 29.0 Å². The first-order valence-corrected chi connectivity index (χ1v) is 8.58. The van der Waals surface area contributed by atoms with Crippen LogP contribution in [0.5, 0.6) is 0 Å². The van der Waals surface area contributed by atoms with Crippen LogP contribution in [0.15, 0.2) is 57.9 Å². The van der Waals surface area contributed by atoms with Crippen molar-refractivity contribution in [3.63, 3.8) is 0 Å². The molecule has 0 radical (unpaired) electrons. The molecule has 0 aliphatic carbocycles. The van der Waals surface area contributed by atoms with E-state index in [1.807, 2.05) is 60.3 Å². The Morgan fingerprint density at radius 2 is 1.87 bits per heavy atom. The van der Waals surface area contributed by atoms with E-state index in [0.29, 0.717) is 14.8 Å². The summed E-state index contributed by atoms with van der Waals surface area (Å²) in [4.78, 5) is 12.3. The Kier molecular flexibility index (Phi) is 4.68. The molecule has 118 valence electrons. The quantitative estimate of drug-likeness (QED) is 0.641. The zero-order valence-corrected chi connectivity index (χ0v) is 15.4. The number of rotatable bonds is 4. The second kappa shape index (κ2) is 6.72. The number of aromatic amines is 1. The largest absolute Gasteiger partial charge is 0.344 e. The molecule has 0 bridgehead atoms. The van der Waals surface area contributed by atoms with E-state index in [0.717, 1.165) is 11.3 Å². The van der Waals surface area contributed by atoms with Crippen LogP contribution in [0, 0.1) is 0 Å². The van der Waals surface area contributed by atoms with Gasteiger partial charge in [0.25, 0.3) is 5.91 Å². The predicted molar refractivity (Wildman–Crippen MR) is 95.6 cm³/mol. The second-order valence-corrected chi connectivity index (χ2v) is 6.66. The first-order chi connectivity index (χ1) is 11.1. The second-order valence-electron chi connectivity index (χ2n) is 5.08. The van der Waals surface area contributed by atoms with Crippen LogP contribution in [0.25, 0.3) is 5.69 Å². The van der Waals surface area contributed by atoms with Gasteiger partial charge in [-0.15, -0.1) is 0 Å². The Morgan fingerprint density at radius 1 is 1.22 bits per heavy atom. The molecule has 3 aromatic rings. The molecule has 1 unspecified atom stereocenters. The van der Waals surface area contributed by atoms with E-state index in [2.05, 4.69) is 47.4 Å². The lowest BCUT2D eigenvalue weighted by atomic mass is 10.1. The Bertz CT molecular complexity index is 809. The summed E-state index contributed by atoms with van der Waals surface area (Å²) in [6, 6.07) is 11.9. The summed E-state index contributed by atoms with van der Waals surface area (Å²) in [5, 5.41) is 9.63. The fraction of sp³-hybridized carbons (Fsp3) is 0.125. The summed E-state index contributed by atoms with van der Waals surface area (Å²) >= 11 is 6.60. The first-order valence-electron chi connectivity index (χ1n) is 7.00. The van der Waals surface area contributed by atoms with Crippen molar-refractivity contribution in [3.05, 3.63) is 69.1 Å². The highest BCUT2D eigenvalue weighted by molar-refractivity contribution is 9.13. The van der Waals surface area contributed by atoms with Crippen LogP contribution >= 0.6 is 31.9 Å². The van der Waals surface area contributed by atoms with E-state index in [-0.39, 0.29) is 11.9 Å². The molecule has 5 nitrogen and oxygen atoms in total. The van der Waals surface area contributed by atoms with Crippen molar-refractivity contribution in [1.82, 2.24) is 20.1 Å². The maximum absolute atomic E-state index is 12.3. The van der Waals surface area contributed by atoms with Gasteiger partial charge in [0, 0.05) is 18.1 Å². The molecule has 7 heteroatoms. The van der Waals surface area contributed by atoms with Crippen molar-refractivity contribution in [2.45, 2.75) is 13.0 Å². The molecular formula is C16H14Br2N4O. The molecule has 23 heavy (non-hydrogen) atoms. The molecule has 2 heterocycles. The zero-order valence-electron chi connectivity index (χ0n) is 12.3. The van der Waals surface area contributed by atoms with E-state index in [1.54, 1.807) is 0 Å². The van der Waals surface area contributed by atoms with Crippen LogP contribution in [0.2, 0.25) is 0 Å². The van der Waals surface area contributed by atoms with Gasteiger partial charge in [-0.3, -0.25) is 9.89 Å². The third kappa shape index (κ3) is 3.40. The molecule has 0 spiro atoms. The molecule has 1 aromatic carbocycles. The van der Waals surface area contributed by atoms with Crippen molar-refractivity contribution in [1.29, 1.82) is 0 Å². The van der Waals surface area contributed by atoms with Crippen molar-refractivity contribution in [2.75, 3.05) is 0 Å². The zero-order chi connectivity index (χ0) is 16.4. The Hall–Kier alpha value is -1.86. The van der Waals surface area contributed by atoms with Gasteiger partial charge in [-0.2, -0.15) is 5.10 Å². The average molecular weight is 438 g/mol. The summed E-state index contributed by atoms with van der Waals surface area (Å²) in [7, 11) is 0. The van der Waals surface area contributed by atoms with Gasteiger partial charge in [-0.05, 0) is 68.6 Å². The highest BCUT2D eigenvalue weighted by Gasteiger charge is 2.18. The molecular weight excluding hydrogens is 424 g/mol. The molecule has 2 N–H and O–H groups in total. The number of carbonyl (C=O) groups excluding carboxylic acids is 1. The third-order valence-corrected chi connectivity index (χ3v) is 5.40. The first kappa shape index (κ1) is 16.0. The molecule has 1 atom stereocenters. The molecule has 0 fully saturated rings. The van der Waals surface area contributed by atoms with Crippen LogP contribution < -0.4 is 5.32 Å². The van der Waals surface area contributed by atoms with E-state index in [9.17, 15) is 4.79 Å². The topological polar surface area (TPSA) is 62.7 Å². The third-order valence-electron chi connectivity index (χ3n) is 3.52. The van der Waals surface area contributed by atoms with E-state index >= 15 is 0 Å². The van der Waals surface area contributed by atoms with Crippen molar-refractivity contribution in [2.24, 2.45) is 0 Å². The van der Waals surface area contributed by atoms with Gasteiger partial charge in [-0.25, -0.2) is 0 Å². The SMILES string of the molecule is CC(NC(=O)c1n[nH]c(Br)c1Br)c1ccc(-n2cccc2)cc1. The molecule has 3 rings (SSSR count). The van der Waals surface area contributed by atoms with Gasteiger partial charge in [0.05, 0.1) is 10.5 Å². The number of benzene rings is 1. The monoisotopic (exact) mass is 436 g/mol. The van der Waals surface area contributed by atoms with Crippen LogP contribution in [-0.4, -0.2) is 20.7 Å².